The molecule has 0 saturated heterocycles. The van der Waals surface area contributed by atoms with Crippen LogP contribution in [0.15, 0.2) is 0 Å². The molecule has 0 amide bonds. The molecule has 12 heavy (non-hydrogen) atoms. The molecule has 0 N–H and O–H groups in total. The van der Waals surface area contributed by atoms with E-state index in [-0.39, 0.29) is 18.7 Å². The number of nitrogens with zero attached hydrogens (tertiary/aromatic N) is 1. The molecule has 1 unspecified atom stereocenters. The summed E-state index contributed by atoms with van der Waals surface area (Å²) in [4.78, 5) is 23.0. The molecule has 0 bridgehead atoms. The average molecular weight is 175 g/mol. The second-order valence-corrected chi connectivity index (χ2v) is 3.06. The van der Waals surface area contributed by atoms with Crippen LogP contribution in [0.5, 0.6) is 0 Å². The zero-order valence-corrected chi connectivity index (χ0v) is 7.63. The van der Waals surface area contributed by atoms with E-state index >= 15 is 0 Å². The van der Waals surface area contributed by atoms with Crippen LogP contribution in [0.1, 0.15) is 13.3 Å². The van der Waals surface area contributed by atoms with Crippen LogP contribution in [-0.2, 0) is 9.59 Å². The third-order valence-electron chi connectivity index (χ3n) is 1.34. The van der Waals surface area contributed by atoms with Crippen LogP contribution in [0.25, 0.3) is 0 Å². The van der Waals surface area contributed by atoms with Crippen LogP contribution < -0.4 is 0 Å². The Labute approximate surface area is 71.5 Å². The summed E-state index contributed by atoms with van der Waals surface area (Å²) in [6.07, 6.45) is -1.93. The normalized spacial score (nSPS) is 13.1. The minimum absolute atomic E-state index is 0.188. The minimum Gasteiger partial charge on any atom is -0.302 e. The number of alkyl halides is 1. The lowest BCUT2D eigenvalue weighted by molar-refractivity contribution is -0.127. The zero-order valence-electron chi connectivity index (χ0n) is 7.63. The van der Waals surface area contributed by atoms with E-state index in [1.807, 2.05) is 0 Å². The number of carbonyl (C=O) groups is 2. The summed E-state index contributed by atoms with van der Waals surface area (Å²) in [6, 6.07) is 0. The first-order chi connectivity index (χ1) is 5.43. The molecule has 1 atom stereocenters. The van der Waals surface area contributed by atoms with Gasteiger partial charge >= 0.3 is 0 Å². The molecule has 0 aliphatic heterocycles. The van der Waals surface area contributed by atoms with E-state index in [2.05, 4.69) is 0 Å². The molecule has 0 saturated carbocycles. The number of likely N-dealkylation sites (N-methyl/N-ethyl adjacent to an activating group) is 1. The van der Waals surface area contributed by atoms with Gasteiger partial charge in [-0.3, -0.25) is 9.59 Å². The molecular formula is C8H14FNO2. The summed E-state index contributed by atoms with van der Waals surface area (Å²) >= 11 is 0. The lowest BCUT2D eigenvalue weighted by Gasteiger charge is -2.08. The fourth-order valence-electron chi connectivity index (χ4n) is 0.761. The number of Topliss-reactive ketones (excluding diaryl/α,β-unsaturated/α-hetero) is 2. The first-order valence-corrected chi connectivity index (χ1v) is 3.74. The predicted octanol–water partition coefficient (Wildman–Crippen LogP) is 0.434. The standard InChI is InChI=1S/C8H14FNO2/c1-6(11)8(9)4-7(12)5-10(2)3/h8H,4-5H2,1-3H3. The molecule has 4 heteroatoms. The molecule has 70 valence electrons. The third-order valence-corrected chi connectivity index (χ3v) is 1.34. The Morgan fingerprint density at radius 3 is 2.25 bits per heavy atom. The molecule has 0 aromatic rings. The van der Waals surface area contributed by atoms with Crippen molar-refractivity contribution < 1.29 is 14.0 Å². The Kier molecular flexibility index (Phi) is 4.66. The monoisotopic (exact) mass is 175 g/mol. The summed E-state index contributed by atoms with van der Waals surface area (Å²) in [6.45, 7) is 1.33. The maximum Gasteiger partial charge on any atom is 0.165 e. The van der Waals surface area contributed by atoms with E-state index < -0.39 is 12.0 Å². The zero-order chi connectivity index (χ0) is 9.72. The van der Waals surface area contributed by atoms with E-state index in [0.717, 1.165) is 6.92 Å². The fraction of sp³-hybridized carbons (Fsp3) is 0.750. The largest absolute Gasteiger partial charge is 0.302 e. The van der Waals surface area contributed by atoms with Gasteiger partial charge in [0.2, 0.25) is 0 Å². The van der Waals surface area contributed by atoms with Crippen molar-refractivity contribution in [3.63, 3.8) is 0 Å². The molecule has 0 aromatic carbocycles. The summed E-state index contributed by atoms with van der Waals surface area (Å²) < 4.78 is 12.6. The molecule has 0 spiro atoms. The van der Waals surface area contributed by atoms with Crippen molar-refractivity contribution in [2.24, 2.45) is 0 Å². The van der Waals surface area contributed by atoms with Crippen LogP contribution in [0, 0.1) is 0 Å². The molecule has 0 aliphatic rings. The molecule has 0 radical (unpaired) electrons. The summed E-state index contributed by atoms with van der Waals surface area (Å²) in [5.74, 6) is -0.829. The highest BCUT2D eigenvalue weighted by molar-refractivity contribution is 5.89. The SMILES string of the molecule is CC(=O)C(F)CC(=O)CN(C)C. The highest BCUT2D eigenvalue weighted by Crippen LogP contribution is 2.00. The van der Waals surface area contributed by atoms with Crippen LogP contribution in [0.2, 0.25) is 0 Å². The van der Waals surface area contributed by atoms with Gasteiger partial charge in [-0.1, -0.05) is 0 Å². The summed E-state index contributed by atoms with van der Waals surface area (Å²) in [5, 5.41) is 0. The number of carbonyl (C=O) groups excluding carboxylic acids is 2. The van der Waals surface area contributed by atoms with Crippen molar-refractivity contribution in [2.45, 2.75) is 19.5 Å². The highest BCUT2D eigenvalue weighted by atomic mass is 19.1. The maximum atomic E-state index is 12.6. The van der Waals surface area contributed by atoms with Crippen LogP contribution in [0.4, 0.5) is 4.39 Å². The van der Waals surface area contributed by atoms with Gasteiger partial charge in [0.25, 0.3) is 0 Å². The molecule has 0 fully saturated rings. The third kappa shape index (κ3) is 4.96. The second kappa shape index (κ2) is 4.98. The van der Waals surface area contributed by atoms with Gasteiger partial charge < -0.3 is 4.90 Å². The molecule has 0 rings (SSSR count). The molecular weight excluding hydrogens is 161 g/mol. The summed E-state index contributed by atoms with van der Waals surface area (Å²) in [7, 11) is 3.44. The lowest BCUT2D eigenvalue weighted by atomic mass is 10.1. The number of halogens is 1. The molecule has 0 aliphatic carbocycles. The van der Waals surface area contributed by atoms with Crippen molar-refractivity contribution >= 4 is 11.6 Å². The number of ketones is 2. The Morgan fingerprint density at radius 1 is 1.42 bits per heavy atom. The van der Waals surface area contributed by atoms with Gasteiger partial charge in [0, 0.05) is 6.42 Å². The van der Waals surface area contributed by atoms with Crippen molar-refractivity contribution in [1.82, 2.24) is 4.90 Å². The van der Waals surface area contributed by atoms with Gasteiger partial charge in [-0.05, 0) is 21.0 Å². The highest BCUT2D eigenvalue weighted by Gasteiger charge is 2.16. The van der Waals surface area contributed by atoms with Gasteiger partial charge in [-0.15, -0.1) is 0 Å². The first-order valence-electron chi connectivity index (χ1n) is 3.74. The topological polar surface area (TPSA) is 37.4 Å². The van der Waals surface area contributed by atoms with Gasteiger partial charge in [0.1, 0.15) is 5.78 Å². The smallest absolute Gasteiger partial charge is 0.165 e. The van der Waals surface area contributed by atoms with Gasteiger partial charge in [-0.2, -0.15) is 0 Å². The van der Waals surface area contributed by atoms with Crippen molar-refractivity contribution in [2.75, 3.05) is 20.6 Å². The minimum atomic E-state index is -1.63. The predicted molar refractivity (Wildman–Crippen MR) is 43.8 cm³/mol. The van der Waals surface area contributed by atoms with E-state index in [1.165, 1.54) is 0 Å². The second-order valence-electron chi connectivity index (χ2n) is 3.06. The number of rotatable bonds is 5. The Morgan fingerprint density at radius 2 is 1.92 bits per heavy atom. The average Bonchev–Trinajstić information content (AvgIpc) is 1.84. The van der Waals surface area contributed by atoms with Crippen LogP contribution >= 0.6 is 0 Å². The molecule has 3 nitrogen and oxygen atoms in total. The lowest BCUT2D eigenvalue weighted by Crippen LogP contribution is -2.26. The first kappa shape index (κ1) is 11.2. The molecule has 0 heterocycles. The van der Waals surface area contributed by atoms with E-state index in [0.29, 0.717) is 0 Å². The van der Waals surface area contributed by atoms with Gasteiger partial charge in [0.05, 0.1) is 6.54 Å². The van der Waals surface area contributed by atoms with E-state index in [1.54, 1.807) is 19.0 Å². The van der Waals surface area contributed by atoms with E-state index in [4.69, 9.17) is 0 Å². The van der Waals surface area contributed by atoms with Crippen molar-refractivity contribution in [3.05, 3.63) is 0 Å². The fourth-order valence-corrected chi connectivity index (χ4v) is 0.761. The number of hydrogen-bond acceptors (Lipinski definition) is 3. The molecule has 0 aromatic heterocycles. The van der Waals surface area contributed by atoms with Crippen LogP contribution in [-0.4, -0.2) is 43.3 Å². The quantitative estimate of drug-likeness (QED) is 0.608. The Balaban J connectivity index is 3.77. The van der Waals surface area contributed by atoms with E-state index in [9.17, 15) is 14.0 Å². The van der Waals surface area contributed by atoms with Gasteiger partial charge in [-0.25, -0.2) is 4.39 Å². The Bertz CT molecular complexity index is 180. The van der Waals surface area contributed by atoms with Crippen LogP contribution in [0.3, 0.4) is 0 Å². The summed E-state index contributed by atoms with van der Waals surface area (Å²) in [5.41, 5.74) is 0. The maximum absolute atomic E-state index is 12.6. The number of hydrogen-bond donors (Lipinski definition) is 0. The van der Waals surface area contributed by atoms with Gasteiger partial charge in [0.15, 0.2) is 12.0 Å². The Hall–Kier alpha value is -0.770. The van der Waals surface area contributed by atoms with Crippen molar-refractivity contribution in [1.29, 1.82) is 0 Å². The van der Waals surface area contributed by atoms with Crippen molar-refractivity contribution in [3.8, 4) is 0 Å².